The molecule has 1 aromatic carbocycles. The molecule has 140 valence electrons. The molecule has 24 heavy (non-hydrogen) atoms. The molecule has 1 unspecified atom stereocenters. The van der Waals surface area contributed by atoms with E-state index in [4.69, 9.17) is 11.5 Å². The standard InChI is InChI=1S/C19H33N3.2ClH/c1-15(21)22-18(8-6-5-7-13-20)14-16-9-11-17(12-10-16)19(2,3)4;;/h9-12,18H,5-8,13-14,20H2,1-4H3,(H2,21,22);2*1H. The van der Waals surface area contributed by atoms with Crippen molar-refractivity contribution in [2.24, 2.45) is 16.5 Å². The Morgan fingerprint density at radius 2 is 1.62 bits per heavy atom. The van der Waals surface area contributed by atoms with Crippen molar-refractivity contribution < 1.29 is 0 Å². The smallest absolute Gasteiger partial charge is 0.0909 e. The predicted molar refractivity (Wildman–Crippen MR) is 112 cm³/mol. The van der Waals surface area contributed by atoms with Crippen LogP contribution in [0.5, 0.6) is 0 Å². The Balaban J connectivity index is 0. The Morgan fingerprint density at radius 1 is 1.04 bits per heavy atom. The molecule has 0 aliphatic carbocycles. The first-order chi connectivity index (χ1) is 10.3. The Labute approximate surface area is 160 Å². The van der Waals surface area contributed by atoms with E-state index in [1.165, 1.54) is 24.0 Å². The molecule has 0 radical (unpaired) electrons. The predicted octanol–water partition coefficient (Wildman–Crippen LogP) is 4.64. The summed E-state index contributed by atoms with van der Waals surface area (Å²) in [5, 5.41) is 0. The van der Waals surface area contributed by atoms with Crippen LogP contribution in [0.4, 0.5) is 0 Å². The van der Waals surface area contributed by atoms with Crippen LogP contribution in [0.1, 0.15) is 64.5 Å². The fraction of sp³-hybridized carbons (Fsp3) is 0.632. The first-order valence-electron chi connectivity index (χ1n) is 8.42. The van der Waals surface area contributed by atoms with E-state index in [1.807, 2.05) is 6.92 Å². The van der Waals surface area contributed by atoms with Gasteiger partial charge in [0.1, 0.15) is 0 Å². The van der Waals surface area contributed by atoms with Gasteiger partial charge in [-0.25, -0.2) is 0 Å². The molecule has 0 saturated heterocycles. The van der Waals surface area contributed by atoms with Crippen LogP contribution in [-0.4, -0.2) is 18.4 Å². The number of aliphatic imine (C=N–C) groups is 1. The van der Waals surface area contributed by atoms with Gasteiger partial charge in [-0.3, -0.25) is 4.99 Å². The Bertz CT molecular complexity index is 460. The lowest BCUT2D eigenvalue weighted by molar-refractivity contribution is 0.552. The van der Waals surface area contributed by atoms with E-state index >= 15 is 0 Å². The molecular weight excluding hydrogens is 341 g/mol. The maximum absolute atomic E-state index is 5.79. The number of benzene rings is 1. The highest BCUT2D eigenvalue weighted by Gasteiger charge is 2.14. The van der Waals surface area contributed by atoms with E-state index in [0.717, 1.165) is 25.8 Å². The van der Waals surface area contributed by atoms with E-state index in [2.05, 4.69) is 50.0 Å². The number of nitrogens with zero attached hydrogens (tertiary/aromatic N) is 1. The second kappa shape index (κ2) is 12.6. The summed E-state index contributed by atoms with van der Waals surface area (Å²) in [6, 6.07) is 9.21. The molecule has 0 fully saturated rings. The highest BCUT2D eigenvalue weighted by Crippen LogP contribution is 2.23. The van der Waals surface area contributed by atoms with Crippen LogP contribution < -0.4 is 11.5 Å². The first kappa shape index (κ1) is 25.5. The van der Waals surface area contributed by atoms with Gasteiger partial charge in [0, 0.05) is 0 Å². The van der Waals surface area contributed by atoms with E-state index in [-0.39, 0.29) is 36.3 Å². The highest BCUT2D eigenvalue weighted by molar-refractivity contribution is 5.85. The van der Waals surface area contributed by atoms with Crippen molar-refractivity contribution in [2.45, 2.75) is 71.3 Å². The highest BCUT2D eigenvalue weighted by atomic mass is 35.5. The van der Waals surface area contributed by atoms with Gasteiger partial charge in [0.2, 0.25) is 0 Å². The number of unbranched alkanes of at least 4 members (excludes halogenated alkanes) is 2. The minimum absolute atomic E-state index is 0. The van der Waals surface area contributed by atoms with Crippen molar-refractivity contribution in [1.82, 2.24) is 0 Å². The van der Waals surface area contributed by atoms with Gasteiger partial charge in [0.15, 0.2) is 0 Å². The van der Waals surface area contributed by atoms with Crippen LogP contribution in [0.3, 0.4) is 0 Å². The fourth-order valence-electron chi connectivity index (χ4n) is 2.61. The Hall–Kier alpha value is -0.770. The minimum Gasteiger partial charge on any atom is -0.388 e. The summed E-state index contributed by atoms with van der Waals surface area (Å²) in [6.45, 7) is 9.37. The number of nitrogens with two attached hydrogens (primary N) is 2. The zero-order valence-corrected chi connectivity index (χ0v) is 17.2. The Morgan fingerprint density at radius 3 is 2.08 bits per heavy atom. The van der Waals surface area contributed by atoms with E-state index in [1.54, 1.807) is 0 Å². The molecule has 0 spiro atoms. The van der Waals surface area contributed by atoms with Gasteiger partial charge in [0.25, 0.3) is 0 Å². The number of hydrogen-bond acceptors (Lipinski definition) is 2. The van der Waals surface area contributed by atoms with Crippen molar-refractivity contribution in [1.29, 1.82) is 0 Å². The summed E-state index contributed by atoms with van der Waals surface area (Å²) in [6.07, 6.45) is 5.48. The zero-order valence-electron chi connectivity index (χ0n) is 15.5. The largest absolute Gasteiger partial charge is 0.388 e. The molecule has 1 rings (SSSR count). The maximum Gasteiger partial charge on any atom is 0.0909 e. The lowest BCUT2D eigenvalue weighted by Crippen LogP contribution is -2.16. The van der Waals surface area contributed by atoms with Crippen molar-refractivity contribution in [3.63, 3.8) is 0 Å². The van der Waals surface area contributed by atoms with Crippen LogP contribution in [0, 0.1) is 0 Å². The molecule has 1 aromatic rings. The molecule has 0 aliphatic heterocycles. The van der Waals surface area contributed by atoms with Gasteiger partial charge in [-0.05, 0) is 49.3 Å². The molecule has 0 heterocycles. The molecular formula is C19H35Cl2N3. The number of amidine groups is 1. The van der Waals surface area contributed by atoms with Crippen LogP contribution in [0.15, 0.2) is 29.3 Å². The minimum atomic E-state index is 0. The fourth-order valence-corrected chi connectivity index (χ4v) is 2.61. The van der Waals surface area contributed by atoms with E-state index < -0.39 is 0 Å². The summed E-state index contributed by atoms with van der Waals surface area (Å²) in [5.74, 6) is 0.676. The average Bonchev–Trinajstić information content (AvgIpc) is 2.42. The average molecular weight is 376 g/mol. The first-order valence-corrected chi connectivity index (χ1v) is 8.42. The van der Waals surface area contributed by atoms with Crippen molar-refractivity contribution >= 4 is 30.6 Å². The molecule has 0 amide bonds. The van der Waals surface area contributed by atoms with Gasteiger partial charge in [-0.1, -0.05) is 57.9 Å². The van der Waals surface area contributed by atoms with Gasteiger partial charge in [-0.2, -0.15) is 0 Å². The third kappa shape index (κ3) is 10.2. The molecule has 0 aromatic heterocycles. The quantitative estimate of drug-likeness (QED) is 0.395. The zero-order chi connectivity index (χ0) is 16.6. The van der Waals surface area contributed by atoms with E-state index in [9.17, 15) is 0 Å². The topological polar surface area (TPSA) is 64.4 Å². The van der Waals surface area contributed by atoms with Crippen LogP contribution in [-0.2, 0) is 11.8 Å². The Kier molecular flexibility index (Phi) is 13.3. The lowest BCUT2D eigenvalue weighted by Gasteiger charge is -2.20. The van der Waals surface area contributed by atoms with Crippen molar-refractivity contribution in [2.75, 3.05) is 6.54 Å². The summed E-state index contributed by atoms with van der Waals surface area (Å²) in [7, 11) is 0. The second-order valence-corrected chi connectivity index (χ2v) is 7.21. The third-order valence-corrected chi connectivity index (χ3v) is 3.92. The van der Waals surface area contributed by atoms with Gasteiger partial charge in [-0.15, -0.1) is 24.8 Å². The van der Waals surface area contributed by atoms with Gasteiger partial charge >= 0.3 is 0 Å². The molecule has 5 heteroatoms. The van der Waals surface area contributed by atoms with Gasteiger partial charge in [0.05, 0.1) is 11.9 Å². The summed E-state index contributed by atoms with van der Waals surface area (Å²) in [5.41, 5.74) is 14.2. The molecule has 1 atom stereocenters. The summed E-state index contributed by atoms with van der Waals surface area (Å²) < 4.78 is 0. The lowest BCUT2D eigenvalue weighted by atomic mass is 9.86. The molecule has 0 saturated carbocycles. The number of hydrogen-bond donors (Lipinski definition) is 2. The van der Waals surface area contributed by atoms with Gasteiger partial charge < -0.3 is 11.5 Å². The van der Waals surface area contributed by atoms with Crippen molar-refractivity contribution in [3.05, 3.63) is 35.4 Å². The van der Waals surface area contributed by atoms with Crippen LogP contribution >= 0.6 is 24.8 Å². The maximum atomic E-state index is 5.79. The molecule has 0 bridgehead atoms. The molecule has 3 nitrogen and oxygen atoms in total. The monoisotopic (exact) mass is 375 g/mol. The molecule has 4 N–H and O–H groups in total. The number of rotatable bonds is 8. The molecule has 0 aliphatic rings. The van der Waals surface area contributed by atoms with E-state index in [0.29, 0.717) is 5.84 Å². The number of halogens is 2. The summed E-state index contributed by atoms with van der Waals surface area (Å²) in [4.78, 5) is 4.60. The second-order valence-electron chi connectivity index (χ2n) is 7.21. The SMILES string of the molecule is CC(N)=NC(CCCCCN)Cc1ccc(C(C)(C)C)cc1.Cl.Cl. The van der Waals surface area contributed by atoms with Crippen LogP contribution in [0.25, 0.3) is 0 Å². The van der Waals surface area contributed by atoms with Crippen LogP contribution in [0.2, 0.25) is 0 Å². The summed E-state index contributed by atoms with van der Waals surface area (Å²) >= 11 is 0. The van der Waals surface area contributed by atoms with Crippen molar-refractivity contribution in [3.8, 4) is 0 Å². The normalized spacial score (nSPS) is 13.0. The third-order valence-electron chi connectivity index (χ3n) is 3.92.